The molecule has 0 saturated heterocycles. The molecule has 0 radical (unpaired) electrons. The Morgan fingerprint density at radius 3 is 2.03 bits per heavy atom. The number of rotatable bonds is 8. The van der Waals surface area contributed by atoms with Crippen LogP contribution in [0, 0.1) is 23.2 Å². The maximum Gasteiger partial charge on any atom is 0.330 e. The summed E-state index contributed by atoms with van der Waals surface area (Å²) in [5.41, 5.74) is -0.652. The van der Waals surface area contributed by atoms with Crippen LogP contribution in [0.2, 0.25) is 0 Å². The highest BCUT2D eigenvalue weighted by Crippen LogP contribution is 2.27. The van der Waals surface area contributed by atoms with Crippen LogP contribution in [-0.2, 0) is 14.3 Å². The molecule has 31 heavy (non-hydrogen) atoms. The van der Waals surface area contributed by atoms with Crippen molar-refractivity contribution in [1.29, 1.82) is 5.26 Å². The Hall–Kier alpha value is -3.21. The smallest absolute Gasteiger partial charge is 0.330 e. The molecule has 0 aromatic heterocycles. The number of ether oxygens (including phenoxy) is 1. The molecule has 0 aliphatic carbocycles. The molecule has 1 aliphatic heterocycles. The molecular weight excluding hydrogens is 398 g/mol. The van der Waals surface area contributed by atoms with Crippen molar-refractivity contribution in [2.24, 2.45) is 11.8 Å². The second-order valence-corrected chi connectivity index (χ2v) is 8.71. The van der Waals surface area contributed by atoms with Crippen molar-refractivity contribution in [3.8, 4) is 6.07 Å². The monoisotopic (exact) mass is 427 g/mol. The summed E-state index contributed by atoms with van der Waals surface area (Å²) in [4.78, 5) is 52.1. The van der Waals surface area contributed by atoms with Crippen LogP contribution in [0.25, 0.3) is 0 Å². The van der Waals surface area contributed by atoms with Gasteiger partial charge in [0.05, 0.1) is 17.2 Å². The molecule has 166 valence electrons. The van der Waals surface area contributed by atoms with E-state index in [1.807, 2.05) is 13.8 Å². The SMILES string of the molecule is CC(C)C[C@H](C(=O)O[C@@H](C)C(=O)N[C@@](C)(C#N)C(C)C)N1C(=O)c2ccccc2C1=O. The van der Waals surface area contributed by atoms with Gasteiger partial charge in [-0.15, -0.1) is 0 Å². The van der Waals surface area contributed by atoms with Gasteiger partial charge in [-0.25, -0.2) is 4.79 Å². The van der Waals surface area contributed by atoms with E-state index in [0.29, 0.717) is 0 Å². The minimum Gasteiger partial charge on any atom is -0.451 e. The molecule has 0 fully saturated rings. The standard InChI is InChI=1S/C23H29N3O5/c1-13(2)11-18(26-20(28)16-9-7-8-10-17(16)21(26)29)22(30)31-15(5)19(27)25-23(6,12-24)14(3)4/h7-10,13-15,18H,11H2,1-6H3,(H,25,27)/t15-,18+,23-/m0/s1. The lowest BCUT2D eigenvalue weighted by Crippen LogP contribution is -2.53. The van der Waals surface area contributed by atoms with E-state index in [1.165, 1.54) is 19.1 Å². The van der Waals surface area contributed by atoms with Gasteiger partial charge in [-0.2, -0.15) is 5.26 Å². The number of hydrogen-bond donors (Lipinski definition) is 1. The number of carbonyl (C=O) groups is 4. The largest absolute Gasteiger partial charge is 0.451 e. The van der Waals surface area contributed by atoms with Crippen molar-refractivity contribution in [3.05, 3.63) is 35.4 Å². The van der Waals surface area contributed by atoms with Crippen molar-refractivity contribution in [2.45, 2.75) is 65.6 Å². The number of amides is 3. The minimum absolute atomic E-state index is 0.0196. The lowest BCUT2D eigenvalue weighted by molar-refractivity contribution is -0.159. The quantitative estimate of drug-likeness (QED) is 0.504. The number of nitrogens with one attached hydrogen (secondary N) is 1. The van der Waals surface area contributed by atoms with Gasteiger partial charge in [0, 0.05) is 0 Å². The zero-order chi connectivity index (χ0) is 23.5. The van der Waals surface area contributed by atoms with Gasteiger partial charge in [-0.1, -0.05) is 39.8 Å². The molecule has 2 rings (SSSR count). The lowest BCUT2D eigenvalue weighted by Gasteiger charge is -2.30. The van der Waals surface area contributed by atoms with E-state index in [4.69, 9.17) is 4.74 Å². The number of benzene rings is 1. The minimum atomic E-state index is -1.20. The number of nitriles is 1. The van der Waals surface area contributed by atoms with Crippen molar-refractivity contribution in [1.82, 2.24) is 10.2 Å². The molecule has 1 aromatic carbocycles. The molecule has 1 N–H and O–H groups in total. The number of esters is 1. The predicted molar refractivity (Wildman–Crippen MR) is 113 cm³/mol. The Labute approximate surface area is 182 Å². The zero-order valence-corrected chi connectivity index (χ0v) is 18.8. The molecule has 8 heteroatoms. The van der Waals surface area contributed by atoms with E-state index in [0.717, 1.165) is 4.90 Å². The average molecular weight is 428 g/mol. The Bertz CT molecular complexity index is 898. The van der Waals surface area contributed by atoms with Gasteiger partial charge >= 0.3 is 5.97 Å². The molecule has 1 aliphatic rings. The Balaban J connectivity index is 2.21. The van der Waals surface area contributed by atoms with Crippen molar-refractivity contribution in [2.75, 3.05) is 0 Å². The number of hydrogen-bond acceptors (Lipinski definition) is 6. The highest BCUT2D eigenvalue weighted by Gasteiger charge is 2.44. The summed E-state index contributed by atoms with van der Waals surface area (Å²) in [7, 11) is 0. The summed E-state index contributed by atoms with van der Waals surface area (Å²) < 4.78 is 5.35. The van der Waals surface area contributed by atoms with Crippen LogP contribution >= 0.6 is 0 Å². The van der Waals surface area contributed by atoms with Crippen LogP contribution in [-0.4, -0.2) is 46.3 Å². The average Bonchev–Trinajstić information content (AvgIpc) is 2.96. The molecule has 3 amide bonds. The van der Waals surface area contributed by atoms with Crippen LogP contribution in [0.3, 0.4) is 0 Å². The third-order valence-corrected chi connectivity index (χ3v) is 5.54. The van der Waals surface area contributed by atoms with Gasteiger partial charge < -0.3 is 10.1 Å². The second-order valence-electron chi connectivity index (χ2n) is 8.71. The molecule has 0 saturated carbocycles. The van der Waals surface area contributed by atoms with Crippen molar-refractivity contribution >= 4 is 23.7 Å². The van der Waals surface area contributed by atoms with E-state index >= 15 is 0 Å². The molecule has 1 heterocycles. The first-order valence-corrected chi connectivity index (χ1v) is 10.3. The van der Waals surface area contributed by atoms with Crippen molar-refractivity contribution < 1.29 is 23.9 Å². The van der Waals surface area contributed by atoms with Gasteiger partial charge in [-0.05, 0) is 44.2 Å². The normalized spacial score (nSPS) is 17.1. The van der Waals surface area contributed by atoms with E-state index in [-0.39, 0.29) is 29.4 Å². The predicted octanol–water partition coefficient (Wildman–Crippen LogP) is 2.68. The first-order chi connectivity index (χ1) is 14.4. The summed E-state index contributed by atoms with van der Waals surface area (Å²) in [5, 5.41) is 12.0. The fourth-order valence-corrected chi connectivity index (χ4v) is 3.21. The maximum atomic E-state index is 13.0. The molecule has 3 atom stereocenters. The highest BCUT2D eigenvalue weighted by molar-refractivity contribution is 6.22. The van der Waals surface area contributed by atoms with E-state index in [2.05, 4.69) is 11.4 Å². The van der Waals surface area contributed by atoms with Crippen LogP contribution < -0.4 is 5.32 Å². The first kappa shape index (κ1) is 24.1. The molecular formula is C23H29N3O5. The van der Waals surface area contributed by atoms with E-state index in [9.17, 15) is 24.4 Å². The molecule has 8 nitrogen and oxygen atoms in total. The van der Waals surface area contributed by atoms with Crippen molar-refractivity contribution in [3.63, 3.8) is 0 Å². The number of imide groups is 1. The zero-order valence-electron chi connectivity index (χ0n) is 18.8. The van der Waals surface area contributed by atoms with Crippen LogP contribution in [0.5, 0.6) is 0 Å². The topological polar surface area (TPSA) is 117 Å². The maximum absolute atomic E-state index is 13.0. The van der Waals surface area contributed by atoms with Gasteiger partial charge in [0.15, 0.2) is 6.10 Å². The third-order valence-electron chi connectivity index (χ3n) is 5.54. The van der Waals surface area contributed by atoms with Crippen LogP contribution in [0.1, 0.15) is 68.7 Å². The summed E-state index contributed by atoms with van der Waals surface area (Å²) in [6.45, 7) is 10.3. The number of fused-ring (bicyclic) bond motifs is 1. The lowest BCUT2D eigenvalue weighted by atomic mass is 9.90. The van der Waals surface area contributed by atoms with E-state index in [1.54, 1.807) is 32.9 Å². The summed E-state index contributed by atoms with van der Waals surface area (Å²) in [5.74, 6) is -2.77. The number of nitrogens with zero attached hydrogens (tertiary/aromatic N) is 2. The molecule has 0 spiro atoms. The van der Waals surface area contributed by atoms with E-state index < -0.39 is 41.4 Å². The molecule has 0 bridgehead atoms. The summed E-state index contributed by atoms with van der Waals surface area (Å²) >= 11 is 0. The summed E-state index contributed by atoms with van der Waals surface area (Å²) in [6.07, 6.45) is -1.01. The third kappa shape index (κ3) is 4.93. The first-order valence-electron chi connectivity index (χ1n) is 10.3. The fourth-order valence-electron chi connectivity index (χ4n) is 3.21. The Morgan fingerprint density at radius 2 is 1.61 bits per heavy atom. The van der Waals surface area contributed by atoms with Gasteiger partial charge in [0.2, 0.25) is 0 Å². The fraction of sp³-hybridized carbons (Fsp3) is 0.522. The number of carbonyl (C=O) groups excluding carboxylic acids is 4. The van der Waals surface area contributed by atoms with Gasteiger partial charge in [0.25, 0.3) is 17.7 Å². The Morgan fingerprint density at radius 1 is 1.10 bits per heavy atom. The molecule has 0 unspecified atom stereocenters. The van der Waals surface area contributed by atoms with Crippen LogP contribution in [0.4, 0.5) is 0 Å². The Kier molecular flexibility index (Phi) is 7.21. The second kappa shape index (κ2) is 9.29. The van der Waals surface area contributed by atoms with Crippen LogP contribution in [0.15, 0.2) is 24.3 Å². The molecule has 1 aromatic rings. The van der Waals surface area contributed by atoms with Gasteiger partial charge in [0.1, 0.15) is 11.6 Å². The van der Waals surface area contributed by atoms with Gasteiger partial charge in [-0.3, -0.25) is 19.3 Å². The highest BCUT2D eigenvalue weighted by atomic mass is 16.5. The summed E-state index contributed by atoms with van der Waals surface area (Å²) in [6, 6.07) is 7.28.